The molecule has 3 aromatic rings. The third kappa shape index (κ3) is 2.48. The number of fused-ring (bicyclic) bond motifs is 1. The van der Waals surface area contributed by atoms with Gasteiger partial charge in [0.15, 0.2) is 11.2 Å². The lowest BCUT2D eigenvalue weighted by molar-refractivity contribution is 0.330. The quantitative estimate of drug-likeness (QED) is 0.701. The molecule has 0 amide bonds. The Kier molecular flexibility index (Phi) is 3.14. The minimum atomic E-state index is 0.0869. The Morgan fingerprint density at radius 1 is 0.952 bits per heavy atom. The second-order valence-corrected chi connectivity index (χ2v) is 4.08. The number of rotatable bonds is 3. The van der Waals surface area contributed by atoms with E-state index in [2.05, 4.69) is 29.9 Å². The van der Waals surface area contributed by atoms with Crippen LogP contribution >= 0.6 is 0 Å². The fraction of sp³-hybridized carbons (Fsp3) is 0.167. The lowest BCUT2D eigenvalue weighted by atomic mass is 10.2. The van der Waals surface area contributed by atoms with Crippen molar-refractivity contribution in [2.75, 3.05) is 18.1 Å². The van der Waals surface area contributed by atoms with E-state index in [4.69, 9.17) is 16.2 Å². The Bertz CT molecular complexity index is 789. The molecule has 0 aliphatic heterocycles. The molecule has 0 unspecified atom stereocenters. The zero-order chi connectivity index (χ0) is 14.8. The first kappa shape index (κ1) is 12.9. The molecule has 3 heterocycles. The van der Waals surface area contributed by atoms with E-state index in [-0.39, 0.29) is 11.9 Å². The summed E-state index contributed by atoms with van der Waals surface area (Å²) in [6.45, 7) is 2.28. The number of anilines is 2. The molecule has 0 aromatic carbocycles. The first-order chi connectivity index (χ1) is 10.2. The molecule has 0 saturated heterocycles. The van der Waals surface area contributed by atoms with Gasteiger partial charge in [0.25, 0.3) is 0 Å². The fourth-order valence-electron chi connectivity index (χ4n) is 1.75. The number of nitrogens with zero attached hydrogens (tertiary/aromatic N) is 6. The van der Waals surface area contributed by atoms with Crippen LogP contribution in [-0.2, 0) is 0 Å². The van der Waals surface area contributed by atoms with Gasteiger partial charge in [-0.1, -0.05) is 0 Å². The predicted molar refractivity (Wildman–Crippen MR) is 76.1 cm³/mol. The minimum Gasteiger partial charge on any atom is -0.476 e. The Hall–Kier alpha value is -3.10. The second-order valence-electron chi connectivity index (χ2n) is 4.08. The van der Waals surface area contributed by atoms with E-state index in [1.54, 1.807) is 18.6 Å². The minimum absolute atomic E-state index is 0.0869. The van der Waals surface area contributed by atoms with Crippen molar-refractivity contribution in [1.82, 2.24) is 29.9 Å². The maximum absolute atomic E-state index is 5.62. The molecule has 0 spiro atoms. The van der Waals surface area contributed by atoms with E-state index in [0.29, 0.717) is 34.9 Å². The van der Waals surface area contributed by atoms with Crippen LogP contribution in [0.5, 0.6) is 5.88 Å². The largest absolute Gasteiger partial charge is 0.476 e. The predicted octanol–water partition coefficient (Wildman–Crippen LogP) is 0.440. The van der Waals surface area contributed by atoms with Crippen molar-refractivity contribution in [2.45, 2.75) is 6.92 Å². The van der Waals surface area contributed by atoms with Crippen LogP contribution in [-0.4, -0.2) is 36.5 Å². The van der Waals surface area contributed by atoms with Gasteiger partial charge in [-0.15, -0.1) is 0 Å². The number of aromatic nitrogens is 6. The molecular formula is C12H12N8O. The van der Waals surface area contributed by atoms with Gasteiger partial charge in [-0.3, -0.25) is 0 Å². The van der Waals surface area contributed by atoms with Gasteiger partial charge in [-0.2, -0.15) is 9.97 Å². The van der Waals surface area contributed by atoms with Crippen LogP contribution in [0.4, 0.5) is 11.9 Å². The van der Waals surface area contributed by atoms with Gasteiger partial charge in [-0.25, -0.2) is 19.9 Å². The summed E-state index contributed by atoms with van der Waals surface area (Å²) in [6, 6.07) is 0. The fourth-order valence-corrected chi connectivity index (χ4v) is 1.75. The number of nitrogen functional groups attached to an aromatic ring is 2. The molecule has 4 N–H and O–H groups in total. The van der Waals surface area contributed by atoms with Gasteiger partial charge in [0.1, 0.15) is 0 Å². The molecule has 0 radical (unpaired) electrons. The van der Waals surface area contributed by atoms with Crippen molar-refractivity contribution in [3.63, 3.8) is 0 Å². The highest BCUT2D eigenvalue weighted by molar-refractivity contribution is 5.79. The maximum atomic E-state index is 5.62. The molecule has 0 saturated carbocycles. The van der Waals surface area contributed by atoms with Crippen LogP contribution in [0, 0.1) is 0 Å². The van der Waals surface area contributed by atoms with E-state index in [1.165, 1.54) is 0 Å². The Morgan fingerprint density at radius 3 is 2.43 bits per heavy atom. The summed E-state index contributed by atoms with van der Waals surface area (Å²) in [4.78, 5) is 24.6. The maximum Gasteiger partial charge on any atom is 0.247 e. The van der Waals surface area contributed by atoms with Crippen molar-refractivity contribution in [1.29, 1.82) is 0 Å². The van der Waals surface area contributed by atoms with Crippen molar-refractivity contribution in [3.05, 3.63) is 18.6 Å². The normalized spacial score (nSPS) is 10.7. The van der Waals surface area contributed by atoms with E-state index in [9.17, 15) is 0 Å². The average molecular weight is 284 g/mol. The molecule has 0 aliphatic carbocycles. The Labute approximate surface area is 119 Å². The third-order valence-electron chi connectivity index (χ3n) is 2.64. The first-order valence-corrected chi connectivity index (χ1v) is 6.18. The summed E-state index contributed by atoms with van der Waals surface area (Å²) >= 11 is 0. The molecule has 0 atom stereocenters. The lowest BCUT2D eigenvalue weighted by Crippen LogP contribution is -2.04. The average Bonchev–Trinajstić information content (AvgIpc) is 2.48. The van der Waals surface area contributed by atoms with Crippen LogP contribution < -0.4 is 16.2 Å². The molecule has 0 fully saturated rings. The smallest absolute Gasteiger partial charge is 0.247 e. The molecule has 0 aliphatic rings. The molecular weight excluding hydrogens is 272 g/mol. The van der Waals surface area contributed by atoms with Gasteiger partial charge in [0.05, 0.1) is 18.5 Å². The lowest BCUT2D eigenvalue weighted by Gasteiger charge is -2.07. The van der Waals surface area contributed by atoms with Gasteiger partial charge < -0.3 is 16.2 Å². The summed E-state index contributed by atoms with van der Waals surface area (Å²) in [5.41, 5.74) is 13.1. The summed E-state index contributed by atoms with van der Waals surface area (Å²) in [7, 11) is 0. The molecule has 21 heavy (non-hydrogen) atoms. The van der Waals surface area contributed by atoms with Crippen molar-refractivity contribution < 1.29 is 4.74 Å². The SMILES string of the molecule is CCOc1nc(N)nc2ncc(-c3cnc(N)nc3)nc12. The molecule has 3 aromatic heterocycles. The summed E-state index contributed by atoms with van der Waals surface area (Å²) in [5.74, 6) is 0.577. The van der Waals surface area contributed by atoms with Crippen LogP contribution in [0.3, 0.4) is 0 Å². The molecule has 3 rings (SSSR count). The van der Waals surface area contributed by atoms with Crippen LogP contribution in [0.15, 0.2) is 18.6 Å². The number of hydrogen-bond acceptors (Lipinski definition) is 9. The third-order valence-corrected chi connectivity index (χ3v) is 2.64. The highest BCUT2D eigenvalue weighted by atomic mass is 16.5. The van der Waals surface area contributed by atoms with Gasteiger partial charge in [0.2, 0.25) is 17.8 Å². The van der Waals surface area contributed by atoms with Gasteiger partial charge >= 0.3 is 0 Å². The first-order valence-electron chi connectivity index (χ1n) is 6.18. The van der Waals surface area contributed by atoms with Crippen molar-refractivity contribution in [2.24, 2.45) is 0 Å². The van der Waals surface area contributed by atoms with E-state index in [1.807, 2.05) is 6.92 Å². The highest BCUT2D eigenvalue weighted by Crippen LogP contribution is 2.23. The van der Waals surface area contributed by atoms with Crippen molar-refractivity contribution in [3.8, 4) is 17.1 Å². The number of hydrogen-bond donors (Lipinski definition) is 2. The summed E-state index contributed by atoms with van der Waals surface area (Å²) in [5, 5.41) is 0. The second kappa shape index (κ2) is 5.12. The van der Waals surface area contributed by atoms with E-state index >= 15 is 0 Å². The van der Waals surface area contributed by atoms with Gasteiger partial charge in [-0.05, 0) is 6.92 Å². The number of ether oxygens (including phenoxy) is 1. The zero-order valence-corrected chi connectivity index (χ0v) is 11.2. The van der Waals surface area contributed by atoms with E-state index < -0.39 is 0 Å². The van der Waals surface area contributed by atoms with Gasteiger partial charge in [0, 0.05) is 18.0 Å². The van der Waals surface area contributed by atoms with E-state index in [0.717, 1.165) is 0 Å². The topological polar surface area (TPSA) is 139 Å². The molecule has 9 heteroatoms. The monoisotopic (exact) mass is 284 g/mol. The van der Waals surface area contributed by atoms with Crippen LogP contribution in [0.25, 0.3) is 22.4 Å². The van der Waals surface area contributed by atoms with Crippen molar-refractivity contribution >= 4 is 23.1 Å². The highest BCUT2D eigenvalue weighted by Gasteiger charge is 2.12. The molecule has 106 valence electrons. The summed E-state index contributed by atoms with van der Waals surface area (Å²) in [6.07, 6.45) is 4.69. The number of nitrogens with two attached hydrogens (primary N) is 2. The summed E-state index contributed by atoms with van der Waals surface area (Å²) < 4.78 is 5.43. The zero-order valence-electron chi connectivity index (χ0n) is 11.2. The Balaban J connectivity index is 2.16. The standard InChI is InChI=1S/C12H12N8O/c1-2-21-10-8-9(19-12(14)20-10)15-5-7(18-8)6-3-16-11(13)17-4-6/h3-5H,2H2,1H3,(H2,13,16,17)(H2,14,15,19,20). The molecule has 0 bridgehead atoms. The molecule has 9 nitrogen and oxygen atoms in total. The van der Waals surface area contributed by atoms with Crippen LogP contribution in [0.1, 0.15) is 6.92 Å². The van der Waals surface area contributed by atoms with Crippen LogP contribution in [0.2, 0.25) is 0 Å². The Morgan fingerprint density at radius 2 is 1.71 bits per heavy atom.